The molecule has 0 aliphatic heterocycles. The summed E-state index contributed by atoms with van der Waals surface area (Å²) < 4.78 is 0. The number of hydrogen-bond donors (Lipinski definition) is 3. The van der Waals surface area contributed by atoms with E-state index in [2.05, 4.69) is 20.8 Å². The van der Waals surface area contributed by atoms with E-state index in [9.17, 15) is 15.0 Å². The van der Waals surface area contributed by atoms with E-state index in [1.54, 1.807) is 0 Å². The summed E-state index contributed by atoms with van der Waals surface area (Å²) in [7, 11) is 0. The predicted octanol–water partition coefficient (Wildman–Crippen LogP) is 4.93. The Morgan fingerprint density at radius 2 is 1.76 bits per heavy atom. The molecule has 0 aromatic heterocycles. The van der Waals surface area contributed by atoms with E-state index in [1.165, 1.54) is 24.8 Å². The van der Waals surface area contributed by atoms with Crippen LogP contribution < -0.4 is 0 Å². The number of aliphatic carboxylic acids is 1. The van der Waals surface area contributed by atoms with Gasteiger partial charge in [-0.1, -0.05) is 71.4 Å². The van der Waals surface area contributed by atoms with E-state index in [4.69, 9.17) is 5.11 Å². The highest BCUT2D eigenvalue weighted by atomic mass is 16.4. The van der Waals surface area contributed by atoms with Gasteiger partial charge in [0.1, 0.15) is 0 Å². The Morgan fingerprint density at radius 3 is 2.20 bits per heavy atom. The Bertz CT molecular complexity index is 405. The molecule has 0 saturated carbocycles. The first-order valence-corrected chi connectivity index (χ1v) is 10.0. The molecule has 0 aliphatic carbocycles. The summed E-state index contributed by atoms with van der Waals surface area (Å²) in [5, 5.41) is 30.0. The average Bonchev–Trinajstić information content (AvgIpc) is 2.55. The van der Waals surface area contributed by atoms with Crippen molar-refractivity contribution >= 4 is 5.97 Å². The van der Waals surface area contributed by atoms with Crippen molar-refractivity contribution in [1.29, 1.82) is 0 Å². The molecule has 0 aromatic carbocycles. The van der Waals surface area contributed by atoms with Crippen molar-refractivity contribution in [3.05, 3.63) is 11.6 Å². The molecule has 0 bridgehead atoms. The molecule has 0 saturated heterocycles. The van der Waals surface area contributed by atoms with Crippen molar-refractivity contribution in [3.8, 4) is 0 Å². The minimum atomic E-state index is -1.00. The average molecular weight is 357 g/mol. The van der Waals surface area contributed by atoms with Gasteiger partial charge in [0.15, 0.2) is 0 Å². The van der Waals surface area contributed by atoms with Gasteiger partial charge < -0.3 is 15.3 Å². The maximum atomic E-state index is 11.0. The molecule has 3 N–H and O–H groups in total. The van der Waals surface area contributed by atoms with Gasteiger partial charge in [-0.15, -0.1) is 0 Å². The lowest BCUT2D eigenvalue weighted by Crippen LogP contribution is -2.34. The largest absolute Gasteiger partial charge is 0.481 e. The Balaban J connectivity index is 5.00. The highest BCUT2D eigenvalue weighted by Crippen LogP contribution is 2.30. The van der Waals surface area contributed by atoms with Crippen LogP contribution in [0.2, 0.25) is 0 Å². The summed E-state index contributed by atoms with van der Waals surface area (Å²) in [6, 6.07) is 0. The number of rotatable bonds is 14. The predicted molar refractivity (Wildman–Crippen MR) is 104 cm³/mol. The van der Waals surface area contributed by atoms with Crippen LogP contribution in [0.25, 0.3) is 0 Å². The molecule has 0 heterocycles. The Hall–Kier alpha value is -0.870. The smallest absolute Gasteiger partial charge is 0.305 e. The monoisotopic (exact) mass is 356 g/mol. The highest BCUT2D eigenvalue weighted by Gasteiger charge is 2.30. The first-order valence-electron chi connectivity index (χ1n) is 10.0. The fourth-order valence-electron chi connectivity index (χ4n) is 3.57. The van der Waals surface area contributed by atoms with Gasteiger partial charge in [0.2, 0.25) is 0 Å². The molecule has 0 aliphatic rings. The summed E-state index contributed by atoms with van der Waals surface area (Å²) in [6.07, 6.45) is 8.19. The minimum Gasteiger partial charge on any atom is -0.481 e. The third-order valence-corrected chi connectivity index (χ3v) is 5.35. The third-order valence-electron chi connectivity index (χ3n) is 5.35. The van der Waals surface area contributed by atoms with Crippen molar-refractivity contribution in [2.24, 2.45) is 11.8 Å². The molecule has 0 fully saturated rings. The fourth-order valence-corrected chi connectivity index (χ4v) is 3.57. The first kappa shape index (κ1) is 24.1. The van der Waals surface area contributed by atoms with Crippen LogP contribution in [0.5, 0.6) is 0 Å². The number of allylic oxidation sites excluding steroid dienone is 1. The second-order valence-corrected chi connectivity index (χ2v) is 7.61. The number of aliphatic hydroxyl groups is 2. The van der Waals surface area contributed by atoms with E-state index in [0.29, 0.717) is 25.2 Å². The standard InChI is InChI=1S/C21H40O4/c1-6-10-11-17(7-2)12-16(5)14-21(25,9-4)15-18(8-3)19(22)13-20(23)24/h14,17-19,22,25H,6-13,15H2,1-5H3,(H,23,24)/b16-14+/t17?,18-,19-,21+/m1/s1. The van der Waals surface area contributed by atoms with Crippen LogP contribution in [-0.4, -0.2) is 33.0 Å². The lowest BCUT2D eigenvalue weighted by Gasteiger charge is -2.31. The Kier molecular flexibility index (Phi) is 12.0. The van der Waals surface area contributed by atoms with E-state index < -0.39 is 17.7 Å². The Labute approximate surface area is 154 Å². The molecule has 148 valence electrons. The van der Waals surface area contributed by atoms with Gasteiger partial charge in [0, 0.05) is 0 Å². The number of hydrogen-bond acceptors (Lipinski definition) is 3. The number of carboxylic acid groups (broad SMARTS) is 1. The molecular formula is C21H40O4. The molecular weight excluding hydrogens is 316 g/mol. The van der Waals surface area contributed by atoms with Crippen LogP contribution >= 0.6 is 0 Å². The number of unbranched alkanes of at least 4 members (excludes halogenated alkanes) is 1. The van der Waals surface area contributed by atoms with Crippen molar-refractivity contribution < 1.29 is 20.1 Å². The van der Waals surface area contributed by atoms with Crippen molar-refractivity contribution in [3.63, 3.8) is 0 Å². The molecule has 0 amide bonds. The van der Waals surface area contributed by atoms with Gasteiger partial charge in [0.25, 0.3) is 0 Å². The fraction of sp³-hybridized carbons (Fsp3) is 0.857. The number of aliphatic hydroxyl groups excluding tert-OH is 1. The maximum absolute atomic E-state index is 11.0. The third kappa shape index (κ3) is 10.0. The molecule has 4 heteroatoms. The summed E-state index contributed by atoms with van der Waals surface area (Å²) >= 11 is 0. The summed E-state index contributed by atoms with van der Waals surface area (Å²) in [4.78, 5) is 10.8. The molecule has 1 unspecified atom stereocenters. The summed E-state index contributed by atoms with van der Waals surface area (Å²) in [5.74, 6) is -0.566. The molecule has 25 heavy (non-hydrogen) atoms. The molecule has 0 radical (unpaired) electrons. The normalized spacial score (nSPS) is 18.4. The first-order chi connectivity index (χ1) is 11.7. The number of carbonyl (C=O) groups is 1. The highest BCUT2D eigenvalue weighted by molar-refractivity contribution is 5.67. The zero-order valence-electron chi connectivity index (χ0n) is 16.9. The lowest BCUT2D eigenvalue weighted by atomic mass is 9.81. The minimum absolute atomic E-state index is 0.216. The van der Waals surface area contributed by atoms with E-state index in [1.807, 2.05) is 19.9 Å². The van der Waals surface area contributed by atoms with Gasteiger partial charge in [0.05, 0.1) is 18.1 Å². The zero-order chi connectivity index (χ0) is 19.5. The topological polar surface area (TPSA) is 77.8 Å². The van der Waals surface area contributed by atoms with Crippen LogP contribution in [0.4, 0.5) is 0 Å². The lowest BCUT2D eigenvalue weighted by molar-refractivity contribution is -0.140. The van der Waals surface area contributed by atoms with Gasteiger partial charge in [-0.25, -0.2) is 0 Å². The van der Waals surface area contributed by atoms with Crippen molar-refractivity contribution in [1.82, 2.24) is 0 Å². The van der Waals surface area contributed by atoms with Crippen LogP contribution in [0, 0.1) is 11.8 Å². The summed E-state index contributed by atoms with van der Waals surface area (Å²) in [5.41, 5.74) is 0.211. The molecule has 0 aromatic rings. The van der Waals surface area contributed by atoms with Gasteiger partial charge in [-0.05, 0) is 38.0 Å². The molecule has 0 rings (SSSR count). The van der Waals surface area contributed by atoms with Gasteiger partial charge in [-0.3, -0.25) is 4.79 Å². The molecule has 4 nitrogen and oxygen atoms in total. The Morgan fingerprint density at radius 1 is 1.12 bits per heavy atom. The molecule has 0 spiro atoms. The van der Waals surface area contributed by atoms with E-state index in [0.717, 1.165) is 12.8 Å². The van der Waals surface area contributed by atoms with Crippen molar-refractivity contribution in [2.75, 3.05) is 0 Å². The maximum Gasteiger partial charge on any atom is 0.305 e. The van der Waals surface area contributed by atoms with Gasteiger partial charge in [-0.2, -0.15) is 0 Å². The van der Waals surface area contributed by atoms with E-state index in [-0.39, 0.29) is 12.3 Å². The van der Waals surface area contributed by atoms with Crippen LogP contribution in [0.1, 0.15) is 92.4 Å². The molecule has 4 atom stereocenters. The quantitative estimate of drug-likeness (QED) is 0.386. The van der Waals surface area contributed by atoms with Crippen molar-refractivity contribution in [2.45, 2.75) is 104 Å². The second-order valence-electron chi connectivity index (χ2n) is 7.61. The van der Waals surface area contributed by atoms with Gasteiger partial charge >= 0.3 is 5.97 Å². The summed E-state index contributed by atoms with van der Waals surface area (Å²) in [6.45, 7) is 10.4. The van der Waals surface area contributed by atoms with Crippen LogP contribution in [-0.2, 0) is 4.79 Å². The van der Waals surface area contributed by atoms with Crippen LogP contribution in [0.15, 0.2) is 11.6 Å². The number of carboxylic acids is 1. The second kappa shape index (κ2) is 12.5. The SMILES string of the molecule is CCCCC(CC)C/C(C)=C/[C@@](O)(CC)C[C@@H](CC)[C@H](O)CC(=O)O. The van der Waals surface area contributed by atoms with E-state index >= 15 is 0 Å². The zero-order valence-corrected chi connectivity index (χ0v) is 16.9. The van der Waals surface area contributed by atoms with Crippen LogP contribution in [0.3, 0.4) is 0 Å².